The topological polar surface area (TPSA) is 74.2 Å². The molecule has 21 heavy (non-hydrogen) atoms. The summed E-state index contributed by atoms with van der Waals surface area (Å²) in [7, 11) is 0. The molecule has 2 rings (SSSR count). The highest BCUT2D eigenvalue weighted by molar-refractivity contribution is 5.07. The molecule has 0 saturated heterocycles. The predicted octanol–water partition coefficient (Wildman–Crippen LogP) is 3.48. The van der Waals surface area contributed by atoms with Crippen LogP contribution in [0.4, 0.5) is 0 Å². The summed E-state index contributed by atoms with van der Waals surface area (Å²) in [5.41, 5.74) is 5.94. The fraction of sp³-hybridized carbons (Fsp3) is 0.750. The van der Waals surface area contributed by atoms with E-state index in [9.17, 15) is 0 Å². The van der Waals surface area contributed by atoms with Crippen LogP contribution in [0.15, 0.2) is 17.2 Å². The minimum atomic E-state index is -0.417. The minimum absolute atomic E-state index is 0.289. The van der Waals surface area contributed by atoms with Crippen molar-refractivity contribution in [3.63, 3.8) is 0 Å². The maximum atomic E-state index is 6.06. The molecule has 1 fully saturated rings. The van der Waals surface area contributed by atoms with Crippen LogP contribution >= 0.6 is 0 Å². The first-order valence-corrected chi connectivity index (χ1v) is 7.77. The molecule has 1 atom stereocenters. The van der Waals surface area contributed by atoms with E-state index in [1.807, 2.05) is 6.92 Å². The van der Waals surface area contributed by atoms with Gasteiger partial charge >= 0.3 is 0 Å². The average molecular weight is 293 g/mol. The maximum absolute atomic E-state index is 6.06. The van der Waals surface area contributed by atoms with Gasteiger partial charge in [-0.3, -0.25) is 0 Å². The van der Waals surface area contributed by atoms with Crippen LogP contribution in [0, 0.1) is 5.41 Å². The third kappa shape index (κ3) is 3.52. The zero-order chi connectivity index (χ0) is 15.5. The number of nitrogens with two attached hydrogens (primary N) is 1. The van der Waals surface area contributed by atoms with Gasteiger partial charge in [0.2, 0.25) is 11.7 Å². The van der Waals surface area contributed by atoms with E-state index in [1.165, 1.54) is 0 Å². The first-order valence-electron chi connectivity index (χ1n) is 7.77. The van der Waals surface area contributed by atoms with Crippen LogP contribution < -0.4 is 5.73 Å². The van der Waals surface area contributed by atoms with Crippen LogP contribution in [0.2, 0.25) is 0 Å². The molecule has 5 nitrogen and oxygen atoms in total. The van der Waals surface area contributed by atoms with Crippen molar-refractivity contribution in [2.75, 3.05) is 6.61 Å². The lowest BCUT2D eigenvalue weighted by Gasteiger charge is -2.41. The Labute approximate surface area is 126 Å². The number of rotatable bonds is 6. The number of ether oxygens (including phenoxy) is 1. The molecule has 1 heterocycles. The molecule has 0 aliphatic heterocycles. The Bertz CT molecular complexity index is 472. The van der Waals surface area contributed by atoms with Gasteiger partial charge < -0.3 is 15.0 Å². The molecule has 1 aliphatic carbocycles. The highest BCUT2D eigenvalue weighted by Gasteiger charge is 2.44. The lowest BCUT2D eigenvalue weighted by atomic mass is 9.70. The molecule has 2 N–H and O–H groups in total. The quantitative estimate of drug-likeness (QED) is 0.813. The van der Waals surface area contributed by atoms with Gasteiger partial charge in [-0.1, -0.05) is 25.1 Å². The van der Waals surface area contributed by atoms with E-state index < -0.39 is 5.60 Å². The van der Waals surface area contributed by atoms with Crippen LogP contribution in [-0.2, 0) is 10.3 Å². The average Bonchev–Trinajstić information content (AvgIpc) is 2.92. The standard InChI is InChI=1S/C16H27N3O2/c1-5-7-12(17)13-18-14(19-21-13)16(20-6-2)10-8-15(3,4)9-11-16/h5,12H,1,6-11,17H2,2-4H3. The summed E-state index contributed by atoms with van der Waals surface area (Å²) in [6.45, 7) is 10.9. The van der Waals surface area contributed by atoms with E-state index in [0.717, 1.165) is 25.7 Å². The second-order valence-electron chi connectivity index (χ2n) is 6.68. The van der Waals surface area contributed by atoms with Crippen molar-refractivity contribution in [1.82, 2.24) is 10.1 Å². The van der Waals surface area contributed by atoms with Gasteiger partial charge in [0.1, 0.15) is 5.60 Å². The Morgan fingerprint density at radius 1 is 1.38 bits per heavy atom. The molecular formula is C16H27N3O2. The zero-order valence-electron chi connectivity index (χ0n) is 13.4. The first-order chi connectivity index (χ1) is 9.92. The smallest absolute Gasteiger partial charge is 0.243 e. The lowest BCUT2D eigenvalue weighted by molar-refractivity contribution is -0.0957. The van der Waals surface area contributed by atoms with Gasteiger partial charge in [0.25, 0.3) is 0 Å². The molecule has 0 aromatic carbocycles. The summed E-state index contributed by atoms with van der Waals surface area (Å²) in [4.78, 5) is 4.52. The van der Waals surface area contributed by atoms with Gasteiger partial charge in [-0.2, -0.15) is 4.98 Å². The van der Waals surface area contributed by atoms with Crippen molar-refractivity contribution in [3.05, 3.63) is 24.4 Å². The van der Waals surface area contributed by atoms with E-state index in [4.69, 9.17) is 15.0 Å². The van der Waals surface area contributed by atoms with Crippen LogP contribution in [0.5, 0.6) is 0 Å². The molecule has 1 aliphatic rings. The van der Waals surface area contributed by atoms with Crippen LogP contribution in [0.25, 0.3) is 0 Å². The lowest BCUT2D eigenvalue weighted by Crippen LogP contribution is -2.38. The number of nitrogens with zero attached hydrogens (tertiary/aromatic N) is 2. The molecule has 0 bridgehead atoms. The molecular weight excluding hydrogens is 266 g/mol. The molecule has 1 aromatic rings. The van der Waals surface area contributed by atoms with Gasteiger partial charge in [-0.05, 0) is 44.4 Å². The van der Waals surface area contributed by atoms with Gasteiger partial charge in [0, 0.05) is 6.61 Å². The fourth-order valence-corrected chi connectivity index (χ4v) is 2.89. The van der Waals surface area contributed by atoms with Crippen LogP contribution in [0.3, 0.4) is 0 Å². The highest BCUT2D eigenvalue weighted by atomic mass is 16.5. The first kappa shape index (κ1) is 16.2. The zero-order valence-corrected chi connectivity index (χ0v) is 13.4. The Kier molecular flexibility index (Phi) is 4.84. The Morgan fingerprint density at radius 3 is 2.62 bits per heavy atom. The SMILES string of the molecule is C=CCC(N)c1nc(C2(OCC)CCC(C)(C)CC2)no1. The van der Waals surface area contributed by atoms with Crippen molar-refractivity contribution < 1.29 is 9.26 Å². The summed E-state index contributed by atoms with van der Waals surface area (Å²) >= 11 is 0. The van der Waals surface area contributed by atoms with Gasteiger partial charge in [0.15, 0.2) is 0 Å². The molecule has 1 aromatic heterocycles. The van der Waals surface area contributed by atoms with E-state index in [0.29, 0.717) is 30.2 Å². The molecule has 118 valence electrons. The highest BCUT2D eigenvalue weighted by Crippen LogP contribution is 2.46. The summed E-state index contributed by atoms with van der Waals surface area (Å²) in [6.07, 6.45) is 6.41. The summed E-state index contributed by atoms with van der Waals surface area (Å²) in [6, 6.07) is -0.289. The Morgan fingerprint density at radius 2 is 2.05 bits per heavy atom. The molecule has 0 radical (unpaired) electrons. The van der Waals surface area contributed by atoms with Crippen molar-refractivity contribution in [2.45, 2.75) is 64.5 Å². The summed E-state index contributed by atoms with van der Waals surface area (Å²) in [5, 5.41) is 4.16. The molecule has 0 spiro atoms. The second-order valence-corrected chi connectivity index (χ2v) is 6.68. The Hall–Kier alpha value is -1.20. The van der Waals surface area contributed by atoms with Crippen LogP contribution in [-0.4, -0.2) is 16.7 Å². The van der Waals surface area contributed by atoms with Crippen molar-refractivity contribution in [2.24, 2.45) is 11.1 Å². The third-order valence-corrected chi connectivity index (χ3v) is 4.42. The van der Waals surface area contributed by atoms with E-state index in [-0.39, 0.29) is 6.04 Å². The number of aromatic nitrogens is 2. The largest absolute Gasteiger partial charge is 0.367 e. The summed E-state index contributed by atoms with van der Waals surface area (Å²) < 4.78 is 11.4. The third-order valence-electron chi connectivity index (χ3n) is 4.42. The van der Waals surface area contributed by atoms with Crippen LogP contribution in [0.1, 0.15) is 70.6 Å². The maximum Gasteiger partial charge on any atom is 0.243 e. The number of hydrogen-bond donors (Lipinski definition) is 1. The van der Waals surface area contributed by atoms with Crippen molar-refractivity contribution >= 4 is 0 Å². The van der Waals surface area contributed by atoms with Crippen molar-refractivity contribution in [3.8, 4) is 0 Å². The molecule has 5 heteroatoms. The second kappa shape index (κ2) is 6.28. The summed E-state index contributed by atoms with van der Waals surface area (Å²) in [5.74, 6) is 1.11. The van der Waals surface area contributed by atoms with Gasteiger partial charge in [0.05, 0.1) is 6.04 Å². The van der Waals surface area contributed by atoms with E-state index in [1.54, 1.807) is 6.08 Å². The number of hydrogen-bond acceptors (Lipinski definition) is 5. The minimum Gasteiger partial charge on any atom is -0.367 e. The van der Waals surface area contributed by atoms with Gasteiger partial charge in [-0.25, -0.2) is 0 Å². The van der Waals surface area contributed by atoms with E-state index >= 15 is 0 Å². The normalized spacial score (nSPS) is 21.9. The van der Waals surface area contributed by atoms with Gasteiger partial charge in [-0.15, -0.1) is 6.58 Å². The molecule has 0 amide bonds. The molecule has 1 unspecified atom stereocenters. The van der Waals surface area contributed by atoms with Crippen molar-refractivity contribution in [1.29, 1.82) is 0 Å². The predicted molar refractivity (Wildman–Crippen MR) is 81.6 cm³/mol. The Balaban J connectivity index is 2.21. The fourth-order valence-electron chi connectivity index (χ4n) is 2.89. The van der Waals surface area contributed by atoms with E-state index in [2.05, 4.69) is 30.6 Å². The molecule has 1 saturated carbocycles. The monoisotopic (exact) mass is 293 g/mol.